The highest BCUT2D eigenvalue weighted by Gasteiger charge is 2.50. The summed E-state index contributed by atoms with van der Waals surface area (Å²) in [7, 11) is 0. The Labute approximate surface area is 478 Å². The van der Waals surface area contributed by atoms with Crippen molar-refractivity contribution in [3.63, 3.8) is 0 Å². The van der Waals surface area contributed by atoms with Gasteiger partial charge in [-0.2, -0.15) is 0 Å². The van der Waals surface area contributed by atoms with Gasteiger partial charge in [0.15, 0.2) is 24.6 Å². The van der Waals surface area contributed by atoms with E-state index in [0.717, 1.165) is 122 Å². The van der Waals surface area contributed by atoms with E-state index in [-0.39, 0.29) is 25.9 Å². The second-order valence-corrected chi connectivity index (χ2v) is 20.6. The molecule has 0 aromatic carbocycles. The first-order valence-electron chi connectivity index (χ1n) is 30.9. The van der Waals surface area contributed by atoms with Gasteiger partial charge in [-0.3, -0.25) is 14.4 Å². The number of carboxylic acid groups (broad SMARTS) is 1. The lowest BCUT2D eigenvalue weighted by atomic mass is 9.98. The van der Waals surface area contributed by atoms with Crippen LogP contribution >= 0.6 is 0 Å². The van der Waals surface area contributed by atoms with Crippen LogP contribution in [0.1, 0.15) is 239 Å². The van der Waals surface area contributed by atoms with Crippen LogP contribution in [0.15, 0.2) is 109 Å². The molecule has 1 saturated heterocycles. The number of carbonyl (C=O) groups is 4. The molecule has 1 aliphatic rings. The first kappa shape index (κ1) is 72.4. The summed E-state index contributed by atoms with van der Waals surface area (Å²) in [6.45, 7) is 5.77. The van der Waals surface area contributed by atoms with E-state index < -0.39 is 67.3 Å². The van der Waals surface area contributed by atoms with Gasteiger partial charge in [0.2, 0.25) is 0 Å². The Morgan fingerprint density at radius 3 is 1.30 bits per heavy atom. The summed E-state index contributed by atoms with van der Waals surface area (Å²) in [5.74, 6) is -3.27. The van der Waals surface area contributed by atoms with Crippen molar-refractivity contribution in [2.75, 3.05) is 13.2 Å². The summed E-state index contributed by atoms with van der Waals surface area (Å²) in [6, 6.07) is 0. The standard InChI is InChI=1S/C67H108O12/c1-4-7-10-13-16-19-22-25-28-29-30-31-34-35-38-41-44-47-50-53-59(68)75-56-58(77-60(69)54-51-48-45-42-39-36-32-26-23-20-17-14-11-8-5-2)57-76-67-65(63(72)62(71)64(79-67)66(73)74)78-61(70)55-52-49-46-43-40-37-33-27-24-21-18-15-12-9-6-3/h7,10,16,18-19,21,25-28,30-33,35,38,44,47,58,62-65,67,71-72H,4-6,8-9,11-15,17,20,22-24,29,34,36-37,39-43,45-46,48-57H2,1-3H3,(H,73,74)/b10-7-,19-16-,21-18-,28-25-,31-30-,32-26-,33-27-,38-35-,47-44-. The Bertz CT molecular complexity index is 1790. The normalized spacial score (nSPS) is 18.6. The van der Waals surface area contributed by atoms with Crippen LogP contribution in [-0.2, 0) is 42.9 Å². The van der Waals surface area contributed by atoms with E-state index in [9.17, 15) is 34.5 Å². The van der Waals surface area contributed by atoms with Crippen molar-refractivity contribution in [3.8, 4) is 0 Å². The number of hydrogen-bond donors (Lipinski definition) is 3. The van der Waals surface area contributed by atoms with E-state index in [1.165, 1.54) is 57.8 Å². The van der Waals surface area contributed by atoms with Crippen molar-refractivity contribution < 1.29 is 58.2 Å². The second kappa shape index (κ2) is 54.0. The fourth-order valence-electron chi connectivity index (χ4n) is 8.59. The fraction of sp³-hybridized carbons (Fsp3) is 0.672. The van der Waals surface area contributed by atoms with E-state index in [2.05, 4.69) is 118 Å². The number of aliphatic carboxylic acids is 1. The minimum atomic E-state index is -1.92. The van der Waals surface area contributed by atoms with Gasteiger partial charge in [-0.1, -0.05) is 214 Å². The number of rotatable bonds is 51. The smallest absolute Gasteiger partial charge is 0.335 e. The molecule has 6 atom stereocenters. The van der Waals surface area contributed by atoms with E-state index >= 15 is 0 Å². The molecule has 79 heavy (non-hydrogen) atoms. The topological polar surface area (TPSA) is 175 Å². The number of hydrogen-bond acceptors (Lipinski definition) is 11. The first-order valence-corrected chi connectivity index (χ1v) is 30.9. The minimum absolute atomic E-state index is 0.0318. The molecule has 1 rings (SSSR count). The largest absolute Gasteiger partial charge is 0.479 e. The Kier molecular flexibility index (Phi) is 49.5. The van der Waals surface area contributed by atoms with Gasteiger partial charge < -0.3 is 39.0 Å². The lowest BCUT2D eigenvalue weighted by Gasteiger charge is -2.40. The molecule has 6 unspecified atom stereocenters. The number of ether oxygens (including phenoxy) is 5. The number of carbonyl (C=O) groups excluding carboxylic acids is 3. The molecule has 0 aromatic rings. The predicted octanol–water partition coefficient (Wildman–Crippen LogP) is 16.2. The van der Waals surface area contributed by atoms with Crippen molar-refractivity contribution >= 4 is 23.9 Å². The van der Waals surface area contributed by atoms with E-state index in [1.54, 1.807) is 0 Å². The summed E-state index contributed by atoms with van der Waals surface area (Å²) in [5, 5.41) is 31.5. The van der Waals surface area contributed by atoms with Crippen LogP contribution < -0.4 is 0 Å². The highest BCUT2D eigenvalue weighted by Crippen LogP contribution is 2.26. The molecule has 12 heteroatoms. The van der Waals surface area contributed by atoms with Crippen molar-refractivity contribution in [3.05, 3.63) is 109 Å². The van der Waals surface area contributed by atoms with Crippen molar-refractivity contribution in [1.82, 2.24) is 0 Å². The zero-order valence-corrected chi connectivity index (χ0v) is 49.3. The van der Waals surface area contributed by atoms with Crippen molar-refractivity contribution in [2.45, 2.75) is 276 Å². The van der Waals surface area contributed by atoms with Gasteiger partial charge in [-0.25, -0.2) is 4.79 Å². The molecule has 1 fully saturated rings. The lowest BCUT2D eigenvalue weighted by Crippen LogP contribution is -2.61. The van der Waals surface area contributed by atoms with Gasteiger partial charge in [-0.15, -0.1) is 0 Å². The first-order chi connectivity index (χ1) is 38.6. The number of carboxylic acids is 1. The maximum absolute atomic E-state index is 13.2. The number of aliphatic hydroxyl groups is 2. The molecule has 0 radical (unpaired) electrons. The van der Waals surface area contributed by atoms with Crippen LogP contribution in [0.4, 0.5) is 0 Å². The fourth-order valence-corrected chi connectivity index (χ4v) is 8.59. The SMILES string of the molecule is CC/C=C\C/C=C\C/C=C\C/C=C\C/C=C\C/C=C\CCC(=O)OCC(COC1OC(C(=O)O)C(O)C(O)C1OC(=O)CCCCCCC/C=C\C/C=C\CCCCC)OC(=O)CCCCCCC/C=C\CCCCCCCC. The van der Waals surface area contributed by atoms with Gasteiger partial charge in [-0.05, 0) is 116 Å². The van der Waals surface area contributed by atoms with Crippen LogP contribution in [0.2, 0.25) is 0 Å². The van der Waals surface area contributed by atoms with Crippen LogP contribution in [0.25, 0.3) is 0 Å². The predicted molar refractivity (Wildman–Crippen MR) is 321 cm³/mol. The van der Waals surface area contributed by atoms with Crippen LogP contribution in [0.3, 0.4) is 0 Å². The zero-order chi connectivity index (χ0) is 57.5. The van der Waals surface area contributed by atoms with Crippen LogP contribution in [-0.4, -0.2) is 89.2 Å². The third-order valence-electron chi connectivity index (χ3n) is 13.3. The van der Waals surface area contributed by atoms with Crippen molar-refractivity contribution in [2.24, 2.45) is 0 Å². The van der Waals surface area contributed by atoms with E-state index in [4.69, 9.17) is 23.7 Å². The second-order valence-electron chi connectivity index (χ2n) is 20.6. The number of aliphatic hydroxyl groups excluding tert-OH is 2. The molecule has 0 aromatic heterocycles. The molecular weight excluding hydrogens is 997 g/mol. The van der Waals surface area contributed by atoms with Gasteiger partial charge in [0.25, 0.3) is 0 Å². The molecule has 12 nitrogen and oxygen atoms in total. The van der Waals surface area contributed by atoms with Crippen molar-refractivity contribution in [1.29, 1.82) is 0 Å². The highest BCUT2D eigenvalue weighted by atomic mass is 16.7. The van der Waals surface area contributed by atoms with Gasteiger partial charge in [0, 0.05) is 19.3 Å². The maximum Gasteiger partial charge on any atom is 0.335 e. The Balaban J connectivity index is 2.75. The van der Waals surface area contributed by atoms with Gasteiger partial charge >= 0.3 is 23.9 Å². The Morgan fingerprint density at radius 2 is 0.823 bits per heavy atom. The lowest BCUT2D eigenvalue weighted by molar-refractivity contribution is -0.301. The Hall–Kier alpha value is -4.62. The summed E-state index contributed by atoms with van der Waals surface area (Å²) in [6.07, 6.45) is 60.6. The molecule has 3 N–H and O–H groups in total. The average molecular weight is 1110 g/mol. The van der Waals surface area contributed by atoms with Crippen LogP contribution in [0, 0.1) is 0 Å². The quantitative estimate of drug-likeness (QED) is 0.0228. The third kappa shape index (κ3) is 43.8. The summed E-state index contributed by atoms with van der Waals surface area (Å²) >= 11 is 0. The molecule has 448 valence electrons. The highest BCUT2D eigenvalue weighted by molar-refractivity contribution is 5.74. The molecule has 0 aliphatic carbocycles. The summed E-state index contributed by atoms with van der Waals surface area (Å²) in [5.41, 5.74) is 0. The number of unbranched alkanes of at least 4 members (excludes halogenated alkanes) is 19. The molecule has 0 bridgehead atoms. The molecule has 1 heterocycles. The maximum atomic E-state index is 13.2. The molecular formula is C67H108O12. The monoisotopic (exact) mass is 1100 g/mol. The zero-order valence-electron chi connectivity index (χ0n) is 49.3. The summed E-state index contributed by atoms with van der Waals surface area (Å²) in [4.78, 5) is 51.2. The number of allylic oxidation sites excluding steroid dienone is 18. The van der Waals surface area contributed by atoms with Crippen LogP contribution in [0.5, 0.6) is 0 Å². The summed E-state index contributed by atoms with van der Waals surface area (Å²) < 4.78 is 28.4. The van der Waals surface area contributed by atoms with Gasteiger partial charge in [0.1, 0.15) is 18.8 Å². The van der Waals surface area contributed by atoms with Gasteiger partial charge in [0.05, 0.1) is 6.61 Å². The molecule has 0 amide bonds. The molecule has 0 spiro atoms. The third-order valence-corrected chi connectivity index (χ3v) is 13.3. The minimum Gasteiger partial charge on any atom is -0.479 e. The van der Waals surface area contributed by atoms with E-state index in [1.807, 2.05) is 12.2 Å². The Morgan fingerprint density at radius 1 is 0.430 bits per heavy atom. The molecule has 1 aliphatic heterocycles. The number of esters is 3. The average Bonchev–Trinajstić information content (AvgIpc) is 3.46. The molecule has 0 saturated carbocycles. The van der Waals surface area contributed by atoms with E-state index in [0.29, 0.717) is 19.3 Å².